The molecule has 6 nitrogen and oxygen atoms in total. The first-order valence-electron chi connectivity index (χ1n) is 9.57. The number of benzene rings is 2. The van der Waals surface area contributed by atoms with E-state index in [1.54, 1.807) is 38.4 Å². The van der Waals surface area contributed by atoms with E-state index < -0.39 is 6.10 Å². The average Bonchev–Trinajstić information content (AvgIpc) is 2.70. The molecule has 2 atom stereocenters. The summed E-state index contributed by atoms with van der Waals surface area (Å²) in [6, 6.07) is 12.9. The highest BCUT2D eigenvalue weighted by molar-refractivity contribution is 5.85. The molecule has 3 N–H and O–H groups in total. The number of nitrogens with zero attached hydrogens (tertiary/aromatic N) is 1. The summed E-state index contributed by atoms with van der Waals surface area (Å²) in [5, 5.41) is 23.1. The topological polar surface area (TPSA) is 82.0 Å². The third-order valence-electron chi connectivity index (χ3n) is 5.15. The highest BCUT2D eigenvalue weighted by Crippen LogP contribution is 2.26. The number of halogens is 1. The van der Waals surface area contributed by atoms with E-state index in [0.717, 1.165) is 24.8 Å². The second-order valence-electron chi connectivity index (χ2n) is 7.46. The number of likely N-dealkylation sites (N-methyl/N-ethyl adjacent to an activating group) is 1. The van der Waals surface area contributed by atoms with Crippen molar-refractivity contribution in [2.24, 2.45) is 0 Å². The predicted molar refractivity (Wildman–Crippen MR) is 115 cm³/mol. The molecule has 1 aliphatic rings. The average molecular weight is 421 g/mol. The number of phenols is 1. The number of aliphatic hydroxyl groups is 1. The van der Waals surface area contributed by atoms with Gasteiger partial charge in [0.2, 0.25) is 0 Å². The second-order valence-corrected chi connectivity index (χ2v) is 7.46. The van der Waals surface area contributed by atoms with Crippen molar-refractivity contribution < 1.29 is 19.7 Å². The molecular weight excluding hydrogens is 392 g/mol. The Balaban J connectivity index is 0.00000300. The van der Waals surface area contributed by atoms with Gasteiger partial charge in [0.25, 0.3) is 5.91 Å². The van der Waals surface area contributed by atoms with Gasteiger partial charge in [0.1, 0.15) is 11.5 Å². The lowest BCUT2D eigenvalue weighted by Crippen LogP contribution is -2.37. The molecule has 2 aromatic carbocycles. The molecule has 0 spiro atoms. The van der Waals surface area contributed by atoms with Crippen molar-refractivity contribution in [3.05, 3.63) is 59.2 Å². The third kappa shape index (κ3) is 6.35. The first kappa shape index (κ1) is 23.0. The maximum absolute atomic E-state index is 11.7. The van der Waals surface area contributed by atoms with Crippen LogP contribution in [0.25, 0.3) is 0 Å². The van der Waals surface area contributed by atoms with Crippen LogP contribution >= 0.6 is 12.4 Å². The van der Waals surface area contributed by atoms with Gasteiger partial charge in [-0.25, -0.2) is 0 Å². The van der Waals surface area contributed by atoms with Crippen LogP contribution in [0.3, 0.4) is 0 Å². The van der Waals surface area contributed by atoms with Crippen molar-refractivity contribution >= 4 is 18.3 Å². The lowest BCUT2D eigenvalue weighted by Gasteiger charge is -2.27. The van der Waals surface area contributed by atoms with Crippen LogP contribution in [0.5, 0.6) is 11.5 Å². The molecule has 3 rings (SSSR count). The summed E-state index contributed by atoms with van der Waals surface area (Å²) in [6.45, 7) is 0.491. The van der Waals surface area contributed by atoms with E-state index >= 15 is 0 Å². The van der Waals surface area contributed by atoms with Crippen molar-refractivity contribution in [3.8, 4) is 11.5 Å². The van der Waals surface area contributed by atoms with Crippen LogP contribution in [0.1, 0.15) is 29.2 Å². The monoisotopic (exact) mass is 420 g/mol. The van der Waals surface area contributed by atoms with Crippen LogP contribution in [0.15, 0.2) is 42.5 Å². The predicted octanol–water partition coefficient (Wildman–Crippen LogP) is 2.46. The molecule has 0 bridgehead atoms. The van der Waals surface area contributed by atoms with Crippen molar-refractivity contribution in [2.45, 2.75) is 31.4 Å². The fourth-order valence-electron chi connectivity index (χ4n) is 3.36. The first-order chi connectivity index (χ1) is 13.4. The minimum atomic E-state index is -0.617. The van der Waals surface area contributed by atoms with E-state index in [-0.39, 0.29) is 36.7 Å². The quantitative estimate of drug-likeness (QED) is 0.641. The number of rotatable bonds is 7. The summed E-state index contributed by atoms with van der Waals surface area (Å²) in [6.07, 6.45) is 2.22. The Morgan fingerprint density at radius 2 is 1.93 bits per heavy atom. The molecule has 1 amide bonds. The fraction of sp³-hybridized carbons (Fsp3) is 0.409. The fourth-order valence-corrected chi connectivity index (χ4v) is 3.36. The van der Waals surface area contributed by atoms with Crippen molar-refractivity contribution in [1.82, 2.24) is 10.2 Å². The molecule has 7 heteroatoms. The number of aryl methyl sites for hydroxylation is 1. The summed E-state index contributed by atoms with van der Waals surface area (Å²) in [5.74, 6) is 0.831. The second kappa shape index (κ2) is 10.5. The number of fused-ring (bicyclic) bond motifs is 1. The van der Waals surface area contributed by atoms with E-state index in [1.807, 2.05) is 12.1 Å². The molecule has 0 radical (unpaired) electrons. The normalized spacial score (nSPS) is 16.3. The lowest BCUT2D eigenvalue weighted by molar-refractivity contribution is -0.130. The van der Waals surface area contributed by atoms with Gasteiger partial charge in [0.05, 0.1) is 6.10 Å². The van der Waals surface area contributed by atoms with Gasteiger partial charge in [-0.05, 0) is 60.2 Å². The summed E-state index contributed by atoms with van der Waals surface area (Å²) < 4.78 is 5.62. The van der Waals surface area contributed by atoms with Gasteiger partial charge in [0, 0.05) is 26.7 Å². The summed E-state index contributed by atoms with van der Waals surface area (Å²) >= 11 is 0. The highest BCUT2D eigenvalue weighted by Gasteiger charge is 2.20. The van der Waals surface area contributed by atoms with Crippen molar-refractivity contribution in [2.75, 3.05) is 27.2 Å². The summed E-state index contributed by atoms with van der Waals surface area (Å²) in [5.41, 5.74) is 3.31. The number of carbonyl (C=O) groups is 1. The Hall–Kier alpha value is -2.28. The minimum Gasteiger partial charge on any atom is -0.508 e. The molecule has 158 valence electrons. The number of hydrogen-bond donors (Lipinski definition) is 3. The van der Waals surface area contributed by atoms with Crippen LogP contribution in [0, 0.1) is 0 Å². The Labute approximate surface area is 177 Å². The maximum atomic E-state index is 11.7. The van der Waals surface area contributed by atoms with E-state index in [4.69, 9.17) is 4.74 Å². The van der Waals surface area contributed by atoms with Crippen LogP contribution in [-0.4, -0.2) is 54.3 Å². The largest absolute Gasteiger partial charge is 0.508 e. The van der Waals surface area contributed by atoms with Gasteiger partial charge in [-0.3, -0.25) is 4.79 Å². The highest BCUT2D eigenvalue weighted by atomic mass is 35.5. The SMILES string of the molecule is CN(C)C(=O)COc1ccc2c(c1)C[C@@H](NC[C@@H](O)c1ccc(O)cc1)CC2.Cl. The minimum absolute atomic E-state index is 0. The Morgan fingerprint density at radius 1 is 1.21 bits per heavy atom. The van der Waals surface area contributed by atoms with E-state index in [2.05, 4.69) is 11.4 Å². The molecular formula is C22H29ClN2O4. The molecule has 0 saturated carbocycles. The molecule has 0 saturated heterocycles. The van der Waals surface area contributed by atoms with Gasteiger partial charge in [0.15, 0.2) is 6.61 Å². The van der Waals surface area contributed by atoms with E-state index in [0.29, 0.717) is 12.3 Å². The third-order valence-corrected chi connectivity index (χ3v) is 5.15. The lowest BCUT2D eigenvalue weighted by atomic mass is 9.88. The molecule has 0 fully saturated rings. The number of ether oxygens (including phenoxy) is 1. The molecule has 2 aromatic rings. The van der Waals surface area contributed by atoms with Crippen LogP contribution in [0.4, 0.5) is 0 Å². The van der Waals surface area contributed by atoms with Crippen molar-refractivity contribution in [1.29, 1.82) is 0 Å². The van der Waals surface area contributed by atoms with Crippen molar-refractivity contribution in [3.63, 3.8) is 0 Å². The Morgan fingerprint density at radius 3 is 2.62 bits per heavy atom. The molecule has 0 aromatic heterocycles. The molecule has 0 unspecified atom stereocenters. The number of aromatic hydroxyl groups is 1. The molecule has 29 heavy (non-hydrogen) atoms. The Kier molecular flexibility index (Phi) is 8.32. The van der Waals surface area contributed by atoms with Crippen LogP contribution in [0.2, 0.25) is 0 Å². The number of phenolic OH excluding ortho intramolecular Hbond substituents is 1. The standard InChI is InChI=1S/C22H28N2O4.ClH/c1-24(2)22(27)14-28-20-10-6-15-3-7-18(11-17(15)12-20)23-13-21(26)16-4-8-19(25)9-5-16;/h4-6,8-10,12,18,21,23,25-26H,3,7,11,13-14H2,1-2H3;1H/t18-,21+;/m0./s1. The number of hydrogen-bond acceptors (Lipinski definition) is 5. The Bertz CT molecular complexity index is 811. The van der Waals surface area contributed by atoms with Gasteiger partial charge in [-0.15, -0.1) is 12.4 Å². The zero-order valence-corrected chi connectivity index (χ0v) is 17.6. The zero-order valence-electron chi connectivity index (χ0n) is 16.8. The van der Waals surface area contributed by atoms with E-state index in [1.165, 1.54) is 16.0 Å². The van der Waals surface area contributed by atoms with Gasteiger partial charge >= 0.3 is 0 Å². The summed E-state index contributed by atoms with van der Waals surface area (Å²) in [4.78, 5) is 13.2. The van der Waals surface area contributed by atoms with E-state index in [9.17, 15) is 15.0 Å². The number of carbonyl (C=O) groups excluding carboxylic acids is 1. The smallest absolute Gasteiger partial charge is 0.259 e. The summed E-state index contributed by atoms with van der Waals surface area (Å²) in [7, 11) is 3.42. The molecule has 1 aliphatic carbocycles. The number of nitrogens with one attached hydrogen (secondary N) is 1. The number of aliphatic hydroxyl groups excluding tert-OH is 1. The van der Waals surface area contributed by atoms with Crippen LogP contribution < -0.4 is 10.1 Å². The molecule has 0 aliphatic heterocycles. The van der Waals surface area contributed by atoms with Gasteiger partial charge in [-0.2, -0.15) is 0 Å². The first-order valence-corrected chi connectivity index (χ1v) is 9.57. The maximum Gasteiger partial charge on any atom is 0.259 e. The zero-order chi connectivity index (χ0) is 20.1. The molecule has 0 heterocycles. The van der Waals surface area contributed by atoms with Crippen LogP contribution in [-0.2, 0) is 17.6 Å². The van der Waals surface area contributed by atoms with Gasteiger partial charge in [-0.1, -0.05) is 18.2 Å². The number of amides is 1. The van der Waals surface area contributed by atoms with Gasteiger partial charge < -0.3 is 25.2 Å².